The van der Waals surface area contributed by atoms with E-state index in [4.69, 9.17) is 16.8 Å². The second-order valence-electron chi connectivity index (χ2n) is 7.19. The Bertz CT molecular complexity index is 1370. The largest absolute Gasteiger partial charge is 0.342 e. The van der Waals surface area contributed by atoms with Gasteiger partial charge in [-0.3, -0.25) is 10.0 Å². The van der Waals surface area contributed by atoms with Crippen molar-refractivity contribution >= 4 is 40.1 Å². The standard InChI is InChI=1S/C25H17ClFN3O2/c26-21-7-10-23-20(11-19(13-28)17-3-5-18(6-4-17)25(31)29-32)15-30(24(23)12-21)14-16-1-8-22(27)9-2-16/h1-12,15,32H,14H2,(H,29,31)/b19-11+. The Morgan fingerprint density at radius 1 is 1.09 bits per heavy atom. The summed E-state index contributed by atoms with van der Waals surface area (Å²) in [5, 5.41) is 20.0. The lowest BCUT2D eigenvalue weighted by atomic mass is 10.0. The fourth-order valence-electron chi connectivity index (χ4n) is 3.53. The van der Waals surface area contributed by atoms with E-state index >= 15 is 0 Å². The van der Waals surface area contributed by atoms with Crippen LogP contribution in [0.3, 0.4) is 0 Å². The van der Waals surface area contributed by atoms with Crippen LogP contribution in [0.25, 0.3) is 22.6 Å². The molecule has 1 aromatic heterocycles. The van der Waals surface area contributed by atoms with E-state index in [-0.39, 0.29) is 11.4 Å². The number of hydroxylamine groups is 1. The van der Waals surface area contributed by atoms with E-state index in [0.29, 0.717) is 22.7 Å². The summed E-state index contributed by atoms with van der Waals surface area (Å²) in [6.07, 6.45) is 3.70. The molecular formula is C25H17ClFN3O2. The molecule has 0 aliphatic heterocycles. The number of nitriles is 1. The number of carbonyl (C=O) groups is 1. The zero-order valence-electron chi connectivity index (χ0n) is 16.7. The number of amides is 1. The molecule has 7 heteroatoms. The highest BCUT2D eigenvalue weighted by Crippen LogP contribution is 2.29. The van der Waals surface area contributed by atoms with Gasteiger partial charge in [0.2, 0.25) is 0 Å². The lowest BCUT2D eigenvalue weighted by Crippen LogP contribution is -2.18. The van der Waals surface area contributed by atoms with Crippen molar-refractivity contribution in [2.24, 2.45) is 0 Å². The molecule has 0 atom stereocenters. The van der Waals surface area contributed by atoms with Crippen LogP contribution in [-0.4, -0.2) is 15.7 Å². The molecule has 32 heavy (non-hydrogen) atoms. The summed E-state index contributed by atoms with van der Waals surface area (Å²) < 4.78 is 15.3. The van der Waals surface area contributed by atoms with E-state index in [1.54, 1.807) is 41.9 Å². The van der Waals surface area contributed by atoms with Gasteiger partial charge in [0.15, 0.2) is 0 Å². The molecule has 0 bridgehead atoms. The fourth-order valence-corrected chi connectivity index (χ4v) is 3.69. The number of aromatic nitrogens is 1. The number of hydrogen-bond acceptors (Lipinski definition) is 3. The third kappa shape index (κ3) is 4.40. The predicted molar refractivity (Wildman–Crippen MR) is 122 cm³/mol. The van der Waals surface area contributed by atoms with Crippen molar-refractivity contribution in [3.8, 4) is 6.07 Å². The molecule has 0 aliphatic rings. The molecule has 0 saturated carbocycles. The van der Waals surface area contributed by atoms with Gasteiger partial charge in [0.1, 0.15) is 5.82 Å². The minimum atomic E-state index is -0.625. The lowest BCUT2D eigenvalue weighted by molar-refractivity contribution is 0.0706. The second kappa shape index (κ2) is 9.06. The molecule has 0 radical (unpaired) electrons. The van der Waals surface area contributed by atoms with Crippen molar-refractivity contribution in [3.63, 3.8) is 0 Å². The first-order chi connectivity index (χ1) is 15.5. The van der Waals surface area contributed by atoms with Crippen LogP contribution >= 0.6 is 11.6 Å². The molecule has 3 aromatic carbocycles. The average Bonchev–Trinajstić information content (AvgIpc) is 3.14. The predicted octanol–water partition coefficient (Wildman–Crippen LogP) is 5.67. The van der Waals surface area contributed by atoms with Crippen LogP contribution in [0.5, 0.6) is 0 Å². The number of benzene rings is 3. The number of rotatable bonds is 5. The Morgan fingerprint density at radius 2 is 1.78 bits per heavy atom. The van der Waals surface area contributed by atoms with Gasteiger partial charge in [-0.25, -0.2) is 9.87 Å². The van der Waals surface area contributed by atoms with Crippen molar-refractivity contribution < 1.29 is 14.4 Å². The molecule has 0 fully saturated rings. The van der Waals surface area contributed by atoms with Gasteiger partial charge in [0.25, 0.3) is 5.91 Å². The minimum absolute atomic E-state index is 0.277. The lowest BCUT2D eigenvalue weighted by Gasteiger charge is -2.06. The SMILES string of the molecule is N#C/C(=C\c1cn(Cc2ccc(F)cc2)c2cc(Cl)ccc12)c1ccc(C(=O)NO)cc1. The Morgan fingerprint density at radius 3 is 2.44 bits per heavy atom. The number of allylic oxidation sites excluding steroid dienone is 1. The Hall–Kier alpha value is -3.92. The van der Waals surface area contributed by atoms with E-state index in [1.807, 2.05) is 22.9 Å². The first-order valence-electron chi connectivity index (χ1n) is 9.68. The molecule has 2 N–H and O–H groups in total. The quantitative estimate of drug-likeness (QED) is 0.236. The number of halogens is 2. The summed E-state index contributed by atoms with van der Waals surface area (Å²) in [6, 6.07) is 20.4. The van der Waals surface area contributed by atoms with Crippen LogP contribution in [0.15, 0.2) is 72.9 Å². The van der Waals surface area contributed by atoms with Gasteiger partial charge in [-0.05, 0) is 53.6 Å². The van der Waals surface area contributed by atoms with Crippen LogP contribution in [0.1, 0.15) is 27.0 Å². The number of hydrogen-bond donors (Lipinski definition) is 2. The van der Waals surface area contributed by atoms with Crippen molar-refractivity contribution in [1.29, 1.82) is 5.26 Å². The van der Waals surface area contributed by atoms with Gasteiger partial charge in [0, 0.05) is 34.3 Å². The van der Waals surface area contributed by atoms with Crippen LogP contribution < -0.4 is 5.48 Å². The summed E-state index contributed by atoms with van der Waals surface area (Å²) in [7, 11) is 0. The number of carbonyl (C=O) groups excluding carboxylic acids is 1. The molecule has 4 rings (SSSR count). The van der Waals surface area contributed by atoms with E-state index in [0.717, 1.165) is 22.0 Å². The maximum atomic E-state index is 13.3. The summed E-state index contributed by atoms with van der Waals surface area (Å²) >= 11 is 6.22. The summed E-state index contributed by atoms with van der Waals surface area (Å²) in [5.41, 5.74) is 5.55. The Balaban J connectivity index is 1.76. The molecule has 0 unspecified atom stereocenters. The van der Waals surface area contributed by atoms with Gasteiger partial charge >= 0.3 is 0 Å². The fraction of sp³-hybridized carbons (Fsp3) is 0.0400. The highest BCUT2D eigenvalue weighted by atomic mass is 35.5. The number of fused-ring (bicyclic) bond motifs is 1. The van der Waals surface area contributed by atoms with E-state index in [9.17, 15) is 14.4 Å². The molecule has 1 heterocycles. The molecule has 0 spiro atoms. The zero-order valence-corrected chi connectivity index (χ0v) is 17.5. The van der Waals surface area contributed by atoms with Crippen molar-refractivity contribution in [2.45, 2.75) is 6.54 Å². The molecule has 4 aromatic rings. The van der Waals surface area contributed by atoms with E-state index in [1.165, 1.54) is 24.3 Å². The maximum Gasteiger partial charge on any atom is 0.274 e. The number of nitrogens with one attached hydrogen (secondary N) is 1. The van der Waals surface area contributed by atoms with Crippen LogP contribution in [0.2, 0.25) is 5.02 Å². The second-order valence-corrected chi connectivity index (χ2v) is 7.62. The minimum Gasteiger partial charge on any atom is -0.342 e. The van der Waals surface area contributed by atoms with Gasteiger partial charge in [-0.2, -0.15) is 5.26 Å². The Labute approximate surface area is 188 Å². The smallest absolute Gasteiger partial charge is 0.274 e. The van der Waals surface area contributed by atoms with Gasteiger partial charge in [-0.1, -0.05) is 41.9 Å². The van der Waals surface area contributed by atoms with E-state index in [2.05, 4.69) is 6.07 Å². The summed E-state index contributed by atoms with van der Waals surface area (Å²) in [5.74, 6) is -0.918. The molecular weight excluding hydrogens is 429 g/mol. The first kappa shape index (κ1) is 21.3. The normalized spacial score (nSPS) is 11.4. The summed E-state index contributed by atoms with van der Waals surface area (Å²) in [4.78, 5) is 11.5. The van der Waals surface area contributed by atoms with Crippen molar-refractivity contribution in [2.75, 3.05) is 0 Å². The topological polar surface area (TPSA) is 78.0 Å². The highest BCUT2D eigenvalue weighted by Gasteiger charge is 2.11. The van der Waals surface area contributed by atoms with Crippen LogP contribution in [0, 0.1) is 17.1 Å². The van der Waals surface area contributed by atoms with E-state index < -0.39 is 5.91 Å². The van der Waals surface area contributed by atoms with Gasteiger partial charge in [0.05, 0.1) is 17.2 Å². The molecule has 5 nitrogen and oxygen atoms in total. The zero-order chi connectivity index (χ0) is 22.7. The van der Waals surface area contributed by atoms with Gasteiger partial charge in [-0.15, -0.1) is 0 Å². The molecule has 158 valence electrons. The monoisotopic (exact) mass is 445 g/mol. The highest BCUT2D eigenvalue weighted by molar-refractivity contribution is 6.31. The summed E-state index contributed by atoms with van der Waals surface area (Å²) in [6.45, 7) is 0.512. The molecule has 1 amide bonds. The third-order valence-corrected chi connectivity index (χ3v) is 5.36. The van der Waals surface area contributed by atoms with Gasteiger partial charge < -0.3 is 4.57 Å². The van der Waals surface area contributed by atoms with Crippen molar-refractivity contribution in [3.05, 3.63) is 106 Å². The maximum absolute atomic E-state index is 13.3. The average molecular weight is 446 g/mol. The first-order valence-corrected chi connectivity index (χ1v) is 10.1. The Kier molecular flexibility index (Phi) is 6.04. The van der Waals surface area contributed by atoms with Crippen molar-refractivity contribution in [1.82, 2.24) is 10.0 Å². The van der Waals surface area contributed by atoms with Crippen LogP contribution in [0.4, 0.5) is 4.39 Å². The molecule has 0 aliphatic carbocycles. The molecule has 0 saturated heterocycles. The number of nitrogens with zero attached hydrogens (tertiary/aromatic N) is 2. The van der Waals surface area contributed by atoms with Crippen LogP contribution in [-0.2, 0) is 6.54 Å². The third-order valence-electron chi connectivity index (χ3n) is 5.12.